The van der Waals surface area contributed by atoms with Crippen LogP contribution in [0.15, 0.2) is 53.4 Å². The third kappa shape index (κ3) is 4.84. The normalized spacial score (nSPS) is 15.3. The van der Waals surface area contributed by atoms with E-state index in [0.717, 1.165) is 10.2 Å². The fourth-order valence-corrected chi connectivity index (χ4v) is 5.82. The van der Waals surface area contributed by atoms with Crippen LogP contribution in [0.3, 0.4) is 0 Å². The van der Waals surface area contributed by atoms with Gasteiger partial charge in [-0.2, -0.15) is 4.31 Å². The summed E-state index contributed by atoms with van der Waals surface area (Å²) in [6.07, 6.45) is 0. The Kier molecular flexibility index (Phi) is 6.87. The van der Waals surface area contributed by atoms with E-state index in [1.165, 1.54) is 27.8 Å². The minimum atomic E-state index is -3.60. The van der Waals surface area contributed by atoms with Crippen LogP contribution in [0.1, 0.15) is 10.4 Å². The third-order valence-corrected chi connectivity index (χ3v) is 8.21. The van der Waals surface area contributed by atoms with Gasteiger partial charge in [0, 0.05) is 31.7 Å². The average Bonchev–Trinajstić information content (AvgIpc) is 3.23. The molecule has 10 heteroatoms. The molecule has 2 aromatic carbocycles. The number of para-hydroxylation sites is 1. The minimum absolute atomic E-state index is 0.177. The molecule has 32 heavy (non-hydrogen) atoms. The molecule has 0 aliphatic carbocycles. The van der Waals surface area contributed by atoms with Gasteiger partial charge in [-0.3, -0.25) is 9.69 Å². The van der Waals surface area contributed by atoms with Gasteiger partial charge in [0.25, 0.3) is 5.91 Å². The van der Waals surface area contributed by atoms with E-state index in [9.17, 15) is 13.2 Å². The molecule has 0 radical (unpaired) electrons. The first-order valence-electron chi connectivity index (χ1n) is 10.4. The second kappa shape index (κ2) is 9.63. The van der Waals surface area contributed by atoms with E-state index < -0.39 is 10.0 Å². The lowest BCUT2D eigenvalue weighted by Gasteiger charge is -2.26. The number of anilines is 1. The average molecular weight is 475 g/mol. The molecular formula is C22H26N4O4S2. The summed E-state index contributed by atoms with van der Waals surface area (Å²) in [5.74, 6) is -0.207. The van der Waals surface area contributed by atoms with Crippen LogP contribution < -0.4 is 4.90 Å². The van der Waals surface area contributed by atoms with Crippen molar-refractivity contribution in [1.29, 1.82) is 0 Å². The van der Waals surface area contributed by atoms with Crippen LogP contribution in [0.2, 0.25) is 0 Å². The van der Waals surface area contributed by atoms with E-state index in [-0.39, 0.29) is 10.8 Å². The lowest BCUT2D eigenvalue weighted by atomic mass is 10.2. The number of thiazole rings is 1. The van der Waals surface area contributed by atoms with Gasteiger partial charge in [-0.05, 0) is 50.5 Å². The fourth-order valence-electron chi connectivity index (χ4n) is 3.42. The molecule has 4 rings (SSSR count). The highest BCUT2D eigenvalue weighted by molar-refractivity contribution is 7.89. The van der Waals surface area contributed by atoms with Crippen molar-refractivity contribution in [1.82, 2.24) is 14.2 Å². The summed E-state index contributed by atoms with van der Waals surface area (Å²) in [5, 5.41) is 0.628. The standard InChI is InChI=1S/C22H26N4O4S2/c1-24(2)11-12-26(22-23-19-5-3-4-6-20(19)31-22)21(27)17-7-9-18(10-8-17)32(28,29)25-13-15-30-16-14-25/h3-10H,11-16H2,1-2H3. The van der Waals surface area contributed by atoms with Crippen molar-refractivity contribution in [2.45, 2.75) is 4.90 Å². The van der Waals surface area contributed by atoms with Crippen LogP contribution in [0, 0.1) is 0 Å². The van der Waals surface area contributed by atoms with Gasteiger partial charge in [0.2, 0.25) is 10.0 Å². The number of hydrogen-bond acceptors (Lipinski definition) is 7. The van der Waals surface area contributed by atoms with Crippen molar-refractivity contribution in [3.63, 3.8) is 0 Å². The molecule has 0 unspecified atom stereocenters. The molecule has 0 bridgehead atoms. The molecule has 0 atom stereocenters. The first-order chi connectivity index (χ1) is 15.4. The summed E-state index contributed by atoms with van der Waals surface area (Å²) in [5.41, 5.74) is 1.27. The van der Waals surface area contributed by atoms with Crippen molar-refractivity contribution in [3.05, 3.63) is 54.1 Å². The molecule has 1 amide bonds. The zero-order valence-corrected chi connectivity index (χ0v) is 19.7. The Morgan fingerprint density at radius 3 is 2.41 bits per heavy atom. The molecule has 1 aliphatic heterocycles. The van der Waals surface area contributed by atoms with Crippen molar-refractivity contribution in [3.8, 4) is 0 Å². The van der Waals surface area contributed by atoms with Gasteiger partial charge >= 0.3 is 0 Å². The lowest BCUT2D eigenvalue weighted by Crippen LogP contribution is -2.40. The van der Waals surface area contributed by atoms with Gasteiger partial charge in [0.1, 0.15) is 0 Å². The highest BCUT2D eigenvalue weighted by Crippen LogP contribution is 2.29. The van der Waals surface area contributed by atoms with Gasteiger partial charge < -0.3 is 9.64 Å². The first-order valence-corrected chi connectivity index (χ1v) is 12.6. The molecular weight excluding hydrogens is 448 g/mol. The summed E-state index contributed by atoms with van der Waals surface area (Å²) >= 11 is 1.47. The molecule has 1 aliphatic rings. The van der Waals surface area contributed by atoms with Gasteiger partial charge in [-0.25, -0.2) is 13.4 Å². The highest BCUT2D eigenvalue weighted by Gasteiger charge is 2.27. The minimum Gasteiger partial charge on any atom is -0.379 e. The van der Waals surface area contributed by atoms with E-state index in [0.29, 0.717) is 50.1 Å². The SMILES string of the molecule is CN(C)CCN(C(=O)c1ccc(S(=O)(=O)N2CCOCC2)cc1)c1nc2ccccc2s1. The van der Waals surface area contributed by atoms with Crippen LogP contribution in [-0.4, -0.2) is 82.0 Å². The third-order valence-electron chi connectivity index (χ3n) is 5.24. The Labute approximate surface area is 192 Å². The number of benzene rings is 2. The van der Waals surface area contributed by atoms with Crippen molar-refractivity contribution < 1.29 is 17.9 Å². The Morgan fingerprint density at radius 1 is 1.06 bits per heavy atom. The quantitative estimate of drug-likeness (QED) is 0.523. The Hall–Kier alpha value is -2.37. The summed E-state index contributed by atoms with van der Waals surface area (Å²) in [4.78, 5) is 21.9. The van der Waals surface area contributed by atoms with Gasteiger partial charge in [-0.1, -0.05) is 23.5 Å². The molecule has 1 aromatic heterocycles. The molecule has 0 saturated carbocycles. The topological polar surface area (TPSA) is 83.1 Å². The van der Waals surface area contributed by atoms with Crippen LogP contribution in [0.25, 0.3) is 10.2 Å². The maximum Gasteiger partial charge on any atom is 0.260 e. The van der Waals surface area contributed by atoms with E-state index >= 15 is 0 Å². The predicted molar refractivity (Wildman–Crippen MR) is 126 cm³/mol. The van der Waals surface area contributed by atoms with Crippen molar-refractivity contribution in [2.75, 3.05) is 58.4 Å². The second-order valence-electron chi connectivity index (χ2n) is 7.77. The summed E-state index contributed by atoms with van der Waals surface area (Å²) in [7, 11) is 0.297. The number of amides is 1. The van der Waals surface area contributed by atoms with Crippen LogP contribution in [0.5, 0.6) is 0 Å². The van der Waals surface area contributed by atoms with Crippen molar-refractivity contribution >= 4 is 42.6 Å². The number of hydrogen-bond donors (Lipinski definition) is 0. The van der Waals surface area contributed by atoms with Crippen LogP contribution in [-0.2, 0) is 14.8 Å². The first kappa shape index (κ1) is 22.8. The summed E-state index contributed by atoms with van der Waals surface area (Å²) < 4.78 is 33.4. The van der Waals surface area contributed by atoms with Gasteiger partial charge in [0.05, 0.1) is 28.3 Å². The monoisotopic (exact) mass is 474 g/mol. The van der Waals surface area contributed by atoms with E-state index in [1.807, 2.05) is 43.3 Å². The molecule has 2 heterocycles. The summed E-state index contributed by atoms with van der Waals surface area (Å²) in [6.45, 7) is 2.58. The number of morpholine rings is 1. The van der Waals surface area contributed by atoms with Crippen LogP contribution in [0.4, 0.5) is 5.13 Å². The second-order valence-corrected chi connectivity index (χ2v) is 10.7. The van der Waals surface area contributed by atoms with E-state index in [1.54, 1.807) is 17.0 Å². The number of rotatable bonds is 7. The van der Waals surface area contributed by atoms with Gasteiger partial charge in [-0.15, -0.1) is 0 Å². The maximum atomic E-state index is 13.4. The molecule has 0 spiro atoms. The Balaban J connectivity index is 1.60. The Morgan fingerprint density at radius 2 is 1.75 bits per heavy atom. The van der Waals surface area contributed by atoms with E-state index in [2.05, 4.69) is 4.98 Å². The molecule has 1 saturated heterocycles. The zero-order valence-electron chi connectivity index (χ0n) is 18.1. The molecule has 0 N–H and O–H groups in total. The largest absolute Gasteiger partial charge is 0.379 e. The smallest absolute Gasteiger partial charge is 0.260 e. The predicted octanol–water partition coefficient (Wildman–Crippen LogP) is 2.53. The molecule has 1 fully saturated rings. The van der Waals surface area contributed by atoms with Crippen molar-refractivity contribution in [2.24, 2.45) is 0 Å². The fraction of sp³-hybridized carbons (Fsp3) is 0.364. The molecule has 8 nitrogen and oxygen atoms in total. The number of carbonyl (C=O) groups is 1. The summed E-state index contributed by atoms with van der Waals surface area (Å²) in [6, 6.07) is 13.9. The number of sulfonamides is 1. The zero-order chi connectivity index (χ0) is 22.7. The van der Waals surface area contributed by atoms with Gasteiger partial charge in [0.15, 0.2) is 5.13 Å². The highest BCUT2D eigenvalue weighted by atomic mass is 32.2. The maximum absolute atomic E-state index is 13.4. The number of carbonyl (C=O) groups excluding carboxylic acids is 1. The Bertz CT molecular complexity index is 1150. The number of aromatic nitrogens is 1. The number of likely N-dealkylation sites (N-methyl/N-ethyl adjacent to an activating group) is 1. The number of fused-ring (bicyclic) bond motifs is 1. The number of ether oxygens (including phenoxy) is 1. The molecule has 3 aromatic rings. The van der Waals surface area contributed by atoms with E-state index in [4.69, 9.17) is 4.74 Å². The molecule has 170 valence electrons. The lowest BCUT2D eigenvalue weighted by molar-refractivity contribution is 0.0730. The van der Waals surface area contributed by atoms with Crippen LogP contribution >= 0.6 is 11.3 Å². The number of nitrogens with zero attached hydrogens (tertiary/aromatic N) is 4.